The third-order valence-electron chi connectivity index (χ3n) is 5.68. The van der Waals surface area contributed by atoms with E-state index in [1.54, 1.807) is 17.0 Å². The van der Waals surface area contributed by atoms with Crippen LogP contribution in [0, 0.1) is 16.7 Å². The molecule has 166 valence electrons. The van der Waals surface area contributed by atoms with Gasteiger partial charge in [-0.05, 0) is 64.2 Å². The Morgan fingerprint density at radius 3 is 2.38 bits per heavy atom. The maximum Gasteiger partial charge on any atom is 0.238 e. The molecule has 2 aliphatic rings. The lowest BCUT2D eigenvalue weighted by Gasteiger charge is -2.43. The second-order valence-electron chi connectivity index (χ2n) is 8.66. The van der Waals surface area contributed by atoms with E-state index in [2.05, 4.69) is 22.0 Å². The Balaban J connectivity index is 1.96. The fraction of sp³-hybridized carbons (Fsp3) is 0.273. The van der Waals surface area contributed by atoms with Crippen LogP contribution in [0.25, 0.3) is 0 Å². The zero-order valence-corrected chi connectivity index (χ0v) is 20.6. The van der Waals surface area contributed by atoms with Crippen molar-refractivity contribution in [3.8, 4) is 6.07 Å². The molecule has 0 fully saturated rings. The first kappa shape index (κ1) is 22.7. The smallest absolute Gasteiger partial charge is 0.238 e. The molecule has 1 aliphatic heterocycles. The molecule has 7 nitrogen and oxygen atoms in total. The number of Topliss-reactive ketones (excluding diaryl/α,β-unsaturated/α-hetero) is 1. The first-order valence-electron chi connectivity index (χ1n) is 9.77. The lowest BCUT2D eigenvalue weighted by atomic mass is 9.69. The van der Waals surface area contributed by atoms with Crippen LogP contribution in [0.4, 0.5) is 5.69 Å². The molecule has 0 bridgehead atoms. The molecule has 1 aromatic carbocycles. The highest BCUT2D eigenvalue weighted by atomic mass is 79.9. The van der Waals surface area contributed by atoms with Gasteiger partial charge in [0, 0.05) is 28.3 Å². The largest absolute Gasteiger partial charge is 0.384 e. The van der Waals surface area contributed by atoms with E-state index in [1.807, 2.05) is 26.0 Å². The van der Waals surface area contributed by atoms with E-state index in [-0.39, 0.29) is 21.9 Å². The van der Waals surface area contributed by atoms with E-state index in [1.165, 1.54) is 23.5 Å². The highest BCUT2D eigenvalue weighted by Gasteiger charge is 2.45. The molecular weight excluding hydrogens is 512 g/mol. The number of nitriles is 1. The van der Waals surface area contributed by atoms with Gasteiger partial charge < -0.3 is 5.73 Å². The number of carbonyl (C=O) groups is 1. The van der Waals surface area contributed by atoms with Crippen molar-refractivity contribution in [1.82, 2.24) is 0 Å². The molecule has 0 saturated carbocycles. The second kappa shape index (κ2) is 7.85. The summed E-state index contributed by atoms with van der Waals surface area (Å²) >= 11 is 4.93. The first-order valence-corrected chi connectivity index (χ1v) is 12.9. The molecule has 2 aromatic rings. The summed E-state index contributed by atoms with van der Waals surface area (Å²) in [5.74, 6) is -0.318. The van der Waals surface area contributed by atoms with E-state index in [0.717, 1.165) is 14.4 Å². The minimum absolute atomic E-state index is 0.0165. The van der Waals surface area contributed by atoms with E-state index in [9.17, 15) is 18.5 Å². The van der Waals surface area contributed by atoms with Crippen LogP contribution in [0.5, 0.6) is 0 Å². The number of thiophene rings is 1. The van der Waals surface area contributed by atoms with Gasteiger partial charge in [-0.1, -0.05) is 13.8 Å². The Kier molecular flexibility index (Phi) is 5.57. The van der Waals surface area contributed by atoms with Crippen molar-refractivity contribution < 1.29 is 13.2 Å². The summed E-state index contributed by atoms with van der Waals surface area (Å²) in [6.45, 7) is 4.04. The molecule has 4 rings (SSSR count). The standard InChI is InChI=1S/C22H21BrN4O3S2/c1-22(2)9-15-20(16(28)10-22)19(17-7-8-18(23)31-17)14(11-24)21(25)27(15)12-3-5-13(6-4-12)32(26,29)30/h3-8,19H,9-10,25H2,1-2H3,(H2,26,29,30). The van der Waals surface area contributed by atoms with E-state index in [0.29, 0.717) is 29.7 Å². The summed E-state index contributed by atoms with van der Waals surface area (Å²) in [5.41, 5.74) is 8.42. The minimum atomic E-state index is -3.86. The van der Waals surface area contributed by atoms with Crippen molar-refractivity contribution in [2.45, 2.75) is 37.5 Å². The third-order valence-corrected chi connectivity index (χ3v) is 8.30. The van der Waals surface area contributed by atoms with Gasteiger partial charge in [0.1, 0.15) is 5.82 Å². The van der Waals surface area contributed by atoms with E-state index >= 15 is 0 Å². The van der Waals surface area contributed by atoms with Gasteiger partial charge in [0.05, 0.1) is 26.2 Å². The maximum absolute atomic E-state index is 13.4. The van der Waals surface area contributed by atoms with Gasteiger partial charge in [0.15, 0.2) is 5.78 Å². The van der Waals surface area contributed by atoms with Crippen molar-refractivity contribution >= 4 is 48.8 Å². The van der Waals surface area contributed by atoms with Crippen LogP contribution < -0.4 is 15.8 Å². The van der Waals surface area contributed by atoms with Gasteiger partial charge in [0.25, 0.3) is 0 Å². The molecule has 1 aliphatic carbocycles. The molecule has 1 unspecified atom stereocenters. The summed E-state index contributed by atoms with van der Waals surface area (Å²) in [5, 5.41) is 15.3. The number of hydrogen-bond acceptors (Lipinski definition) is 7. The lowest BCUT2D eigenvalue weighted by molar-refractivity contribution is -0.118. The van der Waals surface area contributed by atoms with Gasteiger partial charge >= 0.3 is 0 Å². The van der Waals surface area contributed by atoms with Gasteiger partial charge in [-0.2, -0.15) is 5.26 Å². The Hall–Kier alpha value is -2.45. The number of carbonyl (C=O) groups excluding carboxylic acids is 1. The van der Waals surface area contributed by atoms with Crippen LogP contribution in [0.1, 0.15) is 37.5 Å². The molecule has 4 N–H and O–H groups in total. The van der Waals surface area contributed by atoms with Crippen LogP contribution in [0.15, 0.2) is 67.7 Å². The number of nitrogens with two attached hydrogens (primary N) is 2. The van der Waals surface area contributed by atoms with Crippen molar-refractivity contribution in [1.29, 1.82) is 5.26 Å². The van der Waals surface area contributed by atoms with Crippen LogP contribution in [-0.4, -0.2) is 14.2 Å². The Morgan fingerprint density at radius 1 is 1.19 bits per heavy atom. The monoisotopic (exact) mass is 532 g/mol. The van der Waals surface area contributed by atoms with Gasteiger partial charge in [-0.3, -0.25) is 9.69 Å². The van der Waals surface area contributed by atoms with Gasteiger partial charge in [0.2, 0.25) is 10.0 Å². The summed E-state index contributed by atoms with van der Waals surface area (Å²) in [4.78, 5) is 15.9. The minimum Gasteiger partial charge on any atom is -0.384 e. The predicted octanol–water partition coefficient (Wildman–Crippen LogP) is 4.10. The van der Waals surface area contributed by atoms with Crippen molar-refractivity contribution in [3.05, 3.63) is 67.7 Å². The molecule has 0 radical (unpaired) electrons. The summed E-state index contributed by atoms with van der Waals surface area (Å²) in [6.07, 6.45) is 0.944. The quantitative estimate of drug-likeness (QED) is 0.611. The number of primary sulfonamides is 1. The average Bonchev–Trinajstić information content (AvgIpc) is 3.11. The van der Waals surface area contributed by atoms with E-state index < -0.39 is 15.9 Å². The molecule has 0 spiro atoms. The molecule has 1 aromatic heterocycles. The maximum atomic E-state index is 13.4. The number of ketones is 1. The molecular formula is C22H21BrN4O3S2. The Bertz CT molecular complexity index is 1330. The predicted molar refractivity (Wildman–Crippen MR) is 127 cm³/mol. The fourth-order valence-electron chi connectivity index (χ4n) is 4.36. The highest BCUT2D eigenvalue weighted by Crippen LogP contribution is 2.51. The number of nitrogens with zero attached hydrogens (tertiary/aromatic N) is 2. The molecule has 1 atom stereocenters. The zero-order valence-electron chi connectivity index (χ0n) is 17.4. The van der Waals surface area contributed by atoms with Crippen molar-refractivity contribution in [3.63, 3.8) is 0 Å². The van der Waals surface area contributed by atoms with E-state index in [4.69, 9.17) is 10.9 Å². The molecule has 0 amide bonds. The molecule has 10 heteroatoms. The van der Waals surface area contributed by atoms with Crippen LogP contribution >= 0.6 is 27.3 Å². The van der Waals surface area contributed by atoms with Gasteiger partial charge in [-0.15, -0.1) is 11.3 Å². The number of allylic oxidation sites excluding steroid dienone is 3. The summed E-state index contributed by atoms with van der Waals surface area (Å²) < 4.78 is 24.2. The lowest BCUT2D eigenvalue weighted by Crippen LogP contribution is -2.42. The Morgan fingerprint density at radius 2 is 1.84 bits per heavy atom. The number of rotatable bonds is 3. The number of sulfonamides is 1. The number of anilines is 1. The Labute approximate surface area is 199 Å². The van der Waals surface area contributed by atoms with Crippen LogP contribution in [0.3, 0.4) is 0 Å². The number of halogens is 1. The molecule has 2 heterocycles. The average molecular weight is 533 g/mol. The topological polar surface area (TPSA) is 130 Å². The molecule has 0 saturated heterocycles. The van der Waals surface area contributed by atoms with Crippen LogP contribution in [0.2, 0.25) is 0 Å². The zero-order chi connectivity index (χ0) is 23.4. The number of hydrogen-bond donors (Lipinski definition) is 2. The third kappa shape index (κ3) is 3.90. The first-order chi connectivity index (χ1) is 14.9. The van der Waals surface area contributed by atoms with Crippen molar-refractivity contribution in [2.24, 2.45) is 16.3 Å². The summed E-state index contributed by atoms with van der Waals surface area (Å²) in [6, 6.07) is 12.0. The summed E-state index contributed by atoms with van der Waals surface area (Å²) in [7, 11) is -3.86. The SMILES string of the molecule is CC1(C)CC(=O)C2=C(C1)N(c1ccc(S(N)(=O)=O)cc1)C(N)=C(C#N)C2c1ccc(Br)s1. The molecule has 32 heavy (non-hydrogen) atoms. The normalized spacial score (nSPS) is 20.9. The van der Waals surface area contributed by atoms with Crippen LogP contribution in [-0.2, 0) is 14.8 Å². The fourth-order valence-corrected chi connectivity index (χ4v) is 6.42. The second-order valence-corrected chi connectivity index (χ2v) is 12.7. The number of benzene rings is 1. The van der Waals surface area contributed by atoms with Crippen molar-refractivity contribution in [2.75, 3.05) is 4.90 Å². The highest BCUT2D eigenvalue weighted by molar-refractivity contribution is 9.11. The van der Waals surface area contributed by atoms with Gasteiger partial charge in [-0.25, -0.2) is 13.6 Å².